The van der Waals surface area contributed by atoms with Crippen LogP contribution in [-0.2, 0) is 4.79 Å². The normalized spacial score (nSPS) is 19.3. The molecule has 1 atom stereocenters. The number of hydrogen-bond donors (Lipinski definition) is 2. The monoisotopic (exact) mass is 432 g/mol. The van der Waals surface area contributed by atoms with Gasteiger partial charge in [0.1, 0.15) is 12.7 Å². The molecule has 168 valence electrons. The molecule has 3 rings (SSSR count). The summed E-state index contributed by atoms with van der Waals surface area (Å²) in [6, 6.07) is 11.7. The van der Waals surface area contributed by atoms with E-state index in [0.717, 1.165) is 16.8 Å². The fourth-order valence-corrected chi connectivity index (χ4v) is 3.56. The summed E-state index contributed by atoms with van der Waals surface area (Å²) in [4.78, 5) is 16.5. The summed E-state index contributed by atoms with van der Waals surface area (Å²) in [6.07, 6.45) is -1.50. The Morgan fingerprint density at radius 3 is 2.42 bits per heavy atom. The molecule has 1 aliphatic heterocycles. The minimum atomic E-state index is -2.72. The van der Waals surface area contributed by atoms with Crippen LogP contribution in [-0.4, -0.2) is 79.8 Å². The number of carbonyl (C=O) groups excluding carboxylic acids is 1. The van der Waals surface area contributed by atoms with Gasteiger partial charge in [0.25, 0.3) is 0 Å². The first-order chi connectivity index (χ1) is 16.8. The first-order valence-corrected chi connectivity index (χ1v) is 10.3. The predicted molar refractivity (Wildman–Crippen MR) is 122 cm³/mol. The number of carbonyl (C=O) groups is 1. The average Bonchev–Trinajstić information content (AvgIpc) is 2.78. The van der Waals surface area contributed by atoms with Gasteiger partial charge >= 0.3 is 0 Å². The molecule has 0 saturated carbocycles. The van der Waals surface area contributed by atoms with Gasteiger partial charge in [0.15, 0.2) is 11.5 Å². The second-order valence-electron chi connectivity index (χ2n) is 7.68. The van der Waals surface area contributed by atoms with Gasteiger partial charge in [-0.05, 0) is 37.1 Å². The van der Waals surface area contributed by atoms with Gasteiger partial charge in [-0.15, -0.1) is 0 Å². The zero-order chi connectivity index (χ0) is 26.5. The van der Waals surface area contributed by atoms with Crippen LogP contribution in [0.5, 0.6) is 11.5 Å². The molecule has 2 aromatic rings. The lowest BCUT2D eigenvalue weighted by molar-refractivity contribution is -0.117. The Labute approximate surface area is 191 Å². The minimum Gasteiger partial charge on any atom is -0.493 e. The van der Waals surface area contributed by atoms with E-state index in [9.17, 15) is 9.90 Å². The second kappa shape index (κ2) is 11.1. The van der Waals surface area contributed by atoms with Crippen LogP contribution in [0.15, 0.2) is 42.5 Å². The molecule has 0 bridgehead atoms. The summed E-state index contributed by atoms with van der Waals surface area (Å²) in [5.41, 5.74) is 2.84. The number of amides is 1. The van der Waals surface area contributed by atoms with Crippen LogP contribution in [0.1, 0.15) is 18.0 Å². The van der Waals surface area contributed by atoms with Crippen LogP contribution < -0.4 is 14.8 Å². The van der Waals surface area contributed by atoms with E-state index in [4.69, 9.17) is 16.3 Å². The number of piperazine rings is 1. The molecule has 31 heavy (non-hydrogen) atoms. The Kier molecular flexibility index (Phi) is 6.11. The van der Waals surface area contributed by atoms with Crippen LogP contribution in [0.3, 0.4) is 0 Å². The van der Waals surface area contributed by atoms with Crippen molar-refractivity contribution >= 4 is 11.6 Å². The maximum atomic E-state index is 12.5. The van der Waals surface area contributed by atoms with Crippen LogP contribution in [0, 0.1) is 13.8 Å². The highest BCUT2D eigenvalue weighted by Gasteiger charge is 2.21. The molecule has 1 fully saturated rings. The number of aliphatic hydroxyl groups excluding tert-OH is 1. The van der Waals surface area contributed by atoms with Gasteiger partial charge in [0.2, 0.25) is 5.91 Å². The number of methoxy groups -OCH3 is 1. The van der Waals surface area contributed by atoms with E-state index in [-0.39, 0.29) is 30.5 Å². The molecule has 7 heteroatoms. The fourth-order valence-electron chi connectivity index (χ4n) is 3.56. The Balaban J connectivity index is 1.49. The molecule has 1 saturated heterocycles. The lowest BCUT2D eigenvalue weighted by Gasteiger charge is -2.35. The highest BCUT2D eigenvalue weighted by Crippen LogP contribution is 2.25. The van der Waals surface area contributed by atoms with E-state index in [1.54, 1.807) is 12.1 Å². The summed E-state index contributed by atoms with van der Waals surface area (Å²) >= 11 is 0. The minimum absolute atomic E-state index is 0.0116. The second-order valence-corrected chi connectivity index (χ2v) is 7.68. The molecule has 1 heterocycles. The molecule has 1 unspecified atom stereocenters. The van der Waals surface area contributed by atoms with Crippen molar-refractivity contribution in [1.29, 1.82) is 0 Å². The number of ether oxygens (including phenoxy) is 2. The molecule has 1 aliphatic rings. The molecule has 7 nitrogen and oxygen atoms in total. The molecule has 0 aliphatic carbocycles. The third-order valence-electron chi connectivity index (χ3n) is 5.27. The van der Waals surface area contributed by atoms with Crippen molar-refractivity contribution in [3.8, 4) is 11.5 Å². The third-order valence-corrected chi connectivity index (χ3v) is 5.27. The Hall–Kier alpha value is -2.61. The summed E-state index contributed by atoms with van der Waals surface area (Å²) in [5, 5.41) is 13.6. The summed E-state index contributed by atoms with van der Waals surface area (Å²) in [6.45, 7) is 3.94. The smallest absolute Gasteiger partial charge is 0.238 e. The summed E-state index contributed by atoms with van der Waals surface area (Å²) in [5.74, 6) is -0.345. The third kappa shape index (κ3) is 6.69. The van der Waals surface area contributed by atoms with Crippen molar-refractivity contribution in [3.63, 3.8) is 0 Å². The number of rotatable bonds is 9. The SMILES string of the molecule is [2H]C([2H])([2H])Oc1ccccc1OC([2H])([2H])C(O)CN1CCN(CC(=O)Nc2c(C)cccc2C)CC1. The number of β-amino-alcohol motifs (C(OH)–C–C–N with tert-alkyl or cyclic N) is 1. The number of nitrogens with one attached hydrogen (secondary N) is 1. The Morgan fingerprint density at radius 2 is 1.74 bits per heavy atom. The van der Waals surface area contributed by atoms with Crippen molar-refractivity contribution < 1.29 is 26.2 Å². The Bertz CT molecular complexity index is 1020. The first kappa shape index (κ1) is 17.0. The number of para-hydroxylation sites is 3. The lowest BCUT2D eigenvalue weighted by Crippen LogP contribution is -2.50. The van der Waals surface area contributed by atoms with Gasteiger partial charge in [0.05, 0.1) is 20.4 Å². The fraction of sp³-hybridized carbons (Fsp3) is 0.458. The average molecular weight is 433 g/mol. The van der Waals surface area contributed by atoms with Crippen LogP contribution in [0.4, 0.5) is 5.69 Å². The molecular weight excluding hydrogens is 394 g/mol. The van der Waals surface area contributed by atoms with Crippen LogP contribution in [0.2, 0.25) is 0 Å². The van der Waals surface area contributed by atoms with E-state index in [2.05, 4.69) is 5.32 Å². The molecule has 1 amide bonds. The molecule has 0 aromatic heterocycles. The van der Waals surface area contributed by atoms with Gasteiger partial charge < -0.3 is 19.9 Å². The van der Waals surface area contributed by atoms with Crippen LogP contribution >= 0.6 is 0 Å². The zero-order valence-corrected chi connectivity index (χ0v) is 17.9. The first-order valence-electron chi connectivity index (χ1n) is 12.8. The summed E-state index contributed by atoms with van der Waals surface area (Å²) < 4.78 is 48.4. The van der Waals surface area contributed by atoms with E-state index >= 15 is 0 Å². The number of hydrogen-bond acceptors (Lipinski definition) is 6. The zero-order valence-electron chi connectivity index (χ0n) is 22.9. The van der Waals surface area contributed by atoms with Crippen molar-refractivity contribution in [1.82, 2.24) is 9.80 Å². The van der Waals surface area contributed by atoms with Gasteiger partial charge in [-0.1, -0.05) is 30.3 Å². The van der Waals surface area contributed by atoms with E-state index in [1.807, 2.05) is 41.8 Å². The standard InChI is InChI=1S/C24H33N3O4/c1-18-7-6-8-19(2)24(18)25-23(29)16-27-13-11-26(12-14-27)15-20(28)17-31-22-10-5-4-9-21(22)30-3/h4-10,20,28H,11-17H2,1-3H3,(H,25,29)/i3D3,17D2. The van der Waals surface area contributed by atoms with Crippen molar-refractivity contribution in [2.24, 2.45) is 0 Å². The molecular formula is C24H33N3O4. The maximum absolute atomic E-state index is 12.5. The van der Waals surface area contributed by atoms with E-state index < -0.39 is 19.7 Å². The van der Waals surface area contributed by atoms with E-state index in [1.165, 1.54) is 12.1 Å². The topological polar surface area (TPSA) is 74.3 Å². The largest absolute Gasteiger partial charge is 0.493 e. The molecule has 0 radical (unpaired) electrons. The molecule has 2 N–H and O–H groups in total. The highest BCUT2D eigenvalue weighted by molar-refractivity contribution is 5.93. The van der Waals surface area contributed by atoms with Crippen molar-refractivity contribution in [2.45, 2.75) is 20.0 Å². The van der Waals surface area contributed by atoms with E-state index in [0.29, 0.717) is 26.2 Å². The number of aliphatic hydroxyl groups is 1. The quantitative estimate of drug-likeness (QED) is 0.634. The Morgan fingerprint density at radius 1 is 1.10 bits per heavy atom. The summed E-state index contributed by atoms with van der Waals surface area (Å²) in [7, 11) is -2.72. The van der Waals surface area contributed by atoms with Crippen LogP contribution in [0.25, 0.3) is 0 Å². The number of benzene rings is 2. The maximum Gasteiger partial charge on any atom is 0.238 e. The molecule has 2 aromatic carbocycles. The van der Waals surface area contributed by atoms with Crippen molar-refractivity contribution in [3.05, 3.63) is 53.6 Å². The van der Waals surface area contributed by atoms with Gasteiger partial charge in [0, 0.05) is 38.4 Å². The van der Waals surface area contributed by atoms with Gasteiger partial charge in [-0.25, -0.2) is 0 Å². The lowest BCUT2D eigenvalue weighted by atomic mass is 10.1. The number of anilines is 1. The molecule has 0 spiro atoms. The predicted octanol–water partition coefficient (Wildman–Crippen LogP) is 2.31. The number of aryl methyl sites for hydroxylation is 2. The number of nitrogens with zero attached hydrogens (tertiary/aromatic N) is 2. The highest BCUT2D eigenvalue weighted by atomic mass is 16.5. The van der Waals surface area contributed by atoms with Crippen molar-refractivity contribution in [2.75, 3.05) is 58.2 Å². The van der Waals surface area contributed by atoms with Gasteiger partial charge in [-0.2, -0.15) is 0 Å². The van der Waals surface area contributed by atoms with Gasteiger partial charge in [-0.3, -0.25) is 14.6 Å².